The van der Waals surface area contributed by atoms with Crippen LogP contribution in [0.3, 0.4) is 0 Å². The lowest BCUT2D eigenvalue weighted by Gasteiger charge is -2.33. The second kappa shape index (κ2) is 9.48. The molecule has 0 radical (unpaired) electrons. The second-order valence-corrected chi connectivity index (χ2v) is 10.1. The minimum atomic E-state index is -3.31. The van der Waals surface area contributed by atoms with E-state index in [1.54, 1.807) is 0 Å². The Balaban J connectivity index is 1.86. The highest BCUT2D eigenvalue weighted by atomic mass is 79.9. The van der Waals surface area contributed by atoms with Gasteiger partial charge in [0.1, 0.15) is 5.82 Å². The lowest BCUT2D eigenvalue weighted by atomic mass is 9.80. The molecule has 0 spiro atoms. The highest BCUT2D eigenvalue weighted by Crippen LogP contribution is 2.40. The number of sulfonamides is 1. The van der Waals surface area contributed by atoms with E-state index in [0.717, 1.165) is 29.4 Å². The molecule has 8 heteroatoms. The Kier molecular flexibility index (Phi) is 7.88. The van der Waals surface area contributed by atoms with Crippen LogP contribution in [0.25, 0.3) is 0 Å². The van der Waals surface area contributed by atoms with E-state index in [4.69, 9.17) is 5.11 Å². The molecule has 1 aliphatic heterocycles. The van der Waals surface area contributed by atoms with Crippen molar-refractivity contribution in [3.8, 4) is 0 Å². The molecule has 1 aliphatic rings. The third-order valence-electron chi connectivity index (χ3n) is 5.08. The van der Waals surface area contributed by atoms with Crippen molar-refractivity contribution in [2.75, 3.05) is 30.8 Å². The van der Waals surface area contributed by atoms with Gasteiger partial charge in [-0.2, -0.15) is 0 Å². The van der Waals surface area contributed by atoms with Crippen molar-refractivity contribution in [1.82, 2.24) is 4.72 Å². The molecule has 2 rings (SSSR count). The number of fused-ring (bicyclic) bond motifs is 1. The SMILES string of the molecule is CC(CCC1CNc2c(F)cc(Br)cc2C1C)CNS(=O)(=O)CCCO. The second-order valence-electron chi connectivity index (χ2n) is 7.21. The molecule has 0 saturated heterocycles. The number of anilines is 1. The molecule has 1 heterocycles. The molecular weight excluding hydrogens is 423 g/mol. The summed E-state index contributed by atoms with van der Waals surface area (Å²) in [5, 5.41) is 12.0. The van der Waals surface area contributed by atoms with Gasteiger partial charge in [0.05, 0.1) is 11.4 Å². The first-order valence-electron chi connectivity index (χ1n) is 9.04. The molecule has 0 bridgehead atoms. The van der Waals surface area contributed by atoms with Crippen LogP contribution in [0.1, 0.15) is 44.6 Å². The van der Waals surface area contributed by atoms with Crippen molar-refractivity contribution in [2.45, 2.75) is 39.0 Å². The molecule has 148 valence electrons. The Bertz CT molecular complexity index is 715. The van der Waals surface area contributed by atoms with Crippen LogP contribution in [0.4, 0.5) is 10.1 Å². The van der Waals surface area contributed by atoms with Crippen molar-refractivity contribution in [3.05, 3.63) is 28.0 Å². The number of nitrogens with one attached hydrogen (secondary N) is 2. The van der Waals surface area contributed by atoms with Gasteiger partial charge in [-0.25, -0.2) is 17.5 Å². The maximum absolute atomic E-state index is 14.1. The summed E-state index contributed by atoms with van der Waals surface area (Å²) in [6.07, 6.45) is 2.09. The zero-order chi connectivity index (χ0) is 19.3. The Hall–Kier alpha value is -0.700. The number of hydrogen-bond donors (Lipinski definition) is 3. The molecule has 3 unspecified atom stereocenters. The van der Waals surface area contributed by atoms with Crippen molar-refractivity contribution in [2.24, 2.45) is 11.8 Å². The van der Waals surface area contributed by atoms with Crippen LogP contribution < -0.4 is 10.0 Å². The first kappa shape index (κ1) is 21.6. The highest BCUT2D eigenvalue weighted by molar-refractivity contribution is 9.10. The van der Waals surface area contributed by atoms with Gasteiger partial charge in [-0.15, -0.1) is 0 Å². The number of rotatable bonds is 9. The zero-order valence-electron chi connectivity index (χ0n) is 15.3. The molecule has 0 amide bonds. The van der Waals surface area contributed by atoms with Gasteiger partial charge in [-0.3, -0.25) is 0 Å². The van der Waals surface area contributed by atoms with Crippen LogP contribution in [-0.2, 0) is 10.0 Å². The van der Waals surface area contributed by atoms with E-state index in [1.165, 1.54) is 6.07 Å². The summed E-state index contributed by atoms with van der Waals surface area (Å²) in [5.74, 6) is 0.560. The fraction of sp³-hybridized carbons (Fsp3) is 0.667. The third-order valence-corrected chi connectivity index (χ3v) is 6.97. The zero-order valence-corrected chi connectivity index (χ0v) is 17.7. The van der Waals surface area contributed by atoms with Gasteiger partial charge >= 0.3 is 0 Å². The Labute approximate surface area is 163 Å². The summed E-state index contributed by atoms with van der Waals surface area (Å²) >= 11 is 3.36. The van der Waals surface area contributed by atoms with Crippen molar-refractivity contribution in [3.63, 3.8) is 0 Å². The average molecular weight is 451 g/mol. The molecule has 1 aromatic carbocycles. The van der Waals surface area contributed by atoms with Crippen LogP contribution in [0, 0.1) is 17.7 Å². The fourth-order valence-corrected chi connectivity index (χ4v) is 4.99. The topological polar surface area (TPSA) is 78.4 Å². The molecule has 1 aromatic rings. The van der Waals surface area contributed by atoms with Crippen LogP contribution >= 0.6 is 15.9 Å². The molecule has 3 atom stereocenters. The van der Waals surface area contributed by atoms with E-state index in [1.807, 2.05) is 13.0 Å². The maximum Gasteiger partial charge on any atom is 0.211 e. The number of benzene rings is 1. The van der Waals surface area contributed by atoms with E-state index in [0.29, 0.717) is 18.2 Å². The minimum Gasteiger partial charge on any atom is -0.396 e. The smallest absolute Gasteiger partial charge is 0.211 e. The van der Waals surface area contributed by atoms with Crippen LogP contribution in [0.2, 0.25) is 0 Å². The number of hydrogen-bond acceptors (Lipinski definition) is 4. The first-order valence-corrected chi connectivity index (χ1v) is 11.5. The predicted molar refractivity (Wildman–Crippen MR) is 106 cm³/mol. The van der Waals surface area contributed by atoms with Gasteiger partial charge in [-0.05, 0) is 54.7 Å². The molecule has 26 heavy (non-hydrogen) atoms. The normalized spacial score (nSPS) is 21.1. The van der Waals surface area contributed by atoms with Gasteiger partial charge in [0, 0.05) is 24.2 Å². The van der Waals surface area contributed by atoms with E-state index in [-0.39, 0.29) is 36.4 Å². The molecule has 0 fully saturated rings. The van der Waals surface area contributed by atoms with E-state index in [2.05, 4.69) is 32.9 Å². The summed E-state index contributed by atoms with van der Waals surface area (Å²) in [6, 6.07) is 3.45. The lowest BCUT2D eigenvalue weighted by Crippen LogP contribution is -2.32. The minimum absolute atomic E-state index is 0.0446. The van der Waals surface area contributed by atoms with E-state index in [9.17, 15) is 12.8 Å². The largest absolute Gasteiger partial charge is 0.396 e. The molecule has 0 aliphatic carbocycles. The Morgan fingerprint density at radius 3 is 2.88 bits per heavy atom. The predicted octanol–water partition coefficient (Wildman–Crippen LogP) is 3.45. The summed E-state index contributed by atoms with van der Waals surface area (Å²) < 4.78 is 41.0. The molecule has 0 saturated carbocycles. The van der Waals surface area contributed by atoms with E-state index < -0.39 is 10.0 Å². The van der Waals surface area contributed by atoms with Crippen LogP contribution in [0.15, 0.2) is 16.6 Å². The fourth-order valence-electron chi connectivity index (χ4n) is 3.35. The number of halogens is 2. The van der Waals surface area contributed by atoms with E-state index >= 15 is 0 Å². The Morgan fingerprint density at radius 1 is 1.46 bits per heavy atom. The van der Waals surface area contributed by atoms with Crippen molar-refractivity contribution < 1.29 is 17.9 Å². The van der Waals surface area contributed by atoms with Crippen LogP contribution in [-0.4, -0.2) is 39.0 Å². The summed E-state index contributed by atoms with van der Waals surface area (Å²) in [4.78, 5) is 0. The van der Waals surface area contributed by atoms with Gasteiger partial charge in [0.25, 0.3) is 0 Å². The number of aliphatic hydroxyl groups is 1. The Morgan fingerprint density at radius 2 is 2.19 bits per heavy atom. The van der Waals surface area contributed by atoms with Crippen molar-refractivity contribution >= 4 is 31.6 Å². The molecule has 0 aromatic heterocycles. The van der Waals surface area contributed by atoms with Gasteiger partial charge in [-0.1, -0.05) is 29.8 Å². The summed E-state index contributed by atoms with van der Waals surface area (Å²) in [7, 11) is -3.31. The highest BCUT2D eigenvalue weighted by Gasteiger charge is 2.28. The van der Waals surface area contributed by atoms with Gasteiger partial charge in [0.15, 0.2) is 0 Å². The van der Waals surface area contributed by atoms with Crippen LogP contribution in [0.5, 0.6) is 0 Å². The lowest BCUT2D eigenvalue weighted by molar-refractivity contribution is 0.295. The summed E-state index contributed by atoms with van der Waals surface area (Å²) in [6.45, 7) is 5.15. The molecule has 3 N–H and O–H groups in total. The van der Waals surface area contributed by atoms with Crippen molar-refractivity contribution in [1.29, 1.82) is 0 Å². The third kappa shape index (κ3) is 5.90. The summed E-state index contributed by atoms with van der Waals surface area (Å²) in [5.41, 5.74) is 1.59. The van der Waals surface area contributed by atoms with Gasteiger partial charge in [0.2, 0.25) is 10.0 Å². The van der Waals surface area contributed by atoms with Gasteiger partial charge < -0.3 is 10.4 Å². The average Bonchev–Trinajstić information content (AvgIpc) is 2.58. The standard InChI is InChI=1S/C18H28BrFN2O3S/c1-12(10-22-26(24,25)7-3-6-23)4-5-14-11-21-18-16(13(14)2)8-15(19)9-17(18)20/h8-9,12-14,21-23H,3-7,10-11H2,1-2H3. The number of aliphatic hydroxyl groups excluding tert-OH is 1. The first-order chi connectivity index (χ1) is 12.2. The monoisotopic (exact) mass is 450 g/mol. The molecule has 5 nitrogen and oxygen atoms in total. The molecular formula is C18H28BrFN2O3S. The quantitative estimate of drug-likeness (QED) is 0.538. The maximum atomic E-state index is 14.1.